The predicted octanol–water partition coefficient (Wildman–Crippen LogP) is 4.59. The summed E-state index contributed by atoms with van der Waals surface area (Å²) in [5.41, 5.74) is 2.50. The molecule has 1 aliphatic heterocycles. The zero-order valence-electron chi connectivity index (χ0n) is 16.0. The Balaban J connectivity index is 1.83. The highest BCUT2D eigenvalue weighted by atomic mass is 79.9. The third-order valence-electron chi connectivity index (χ3n) is 4.97. The van der Waals surface area contributed by atoms with Gasteiger partial charge in [-0.3, -0.25) is 19.8 Å². The second-order valence-electron chi connectivity index (χ2n) is 6.83. The normalized spacial score (nSPS) is 15.9. The average Bonchev–Trinajstić information content (AvgIpc) is 3.03. The van der Waals surface area contributed by atoms with E-state index in [0.29, 0.717) is 17.1 Å². The number of carbonyl (C=O) groups excluding carboxylic acids is 3. The number of barbiturate groups is 1. The maximum atomic E-state index is 12.7. The minimum absolute atomic E-state index is 0.0757. The third-order valence-corrected chi connectivity index (χ3v) is 5.84. The first-order valence-electron chi connectivity index (χ1n) is 9.29. The molecule has 8 heteroatoms. The van der Waals surface area contributed by atoms with Crippen LogP contribution < -0.4 is 5.32 Å². The van der Waals surface area contributed by atoms with Gasteiger partial charge in [0.2, 0.25) is 0 Å². The van der Waals surface area contributed by atoms with Gasteiger partial charge >= 0.3 is 6.03 Å². The second kappa shape index (κ2) is 8.08. The van der Waals surface area contributed by atoms with Crippen LogP contribution in [0.25, 0.3) is 17.0 Å². The Hall–Kier alpha value is -2.90. The molecule has 0 aliphatic carbocycles. The molecule has 0 bridgehead atoms. The maximum Gasteiger partial charge on any atom is 0.331 e. The quantitative estimate of drug-likeness (QED) is 0.433. The molecule has 2 heterocycles. The number of urea groups is 1. The van der Waals surface area contributed by atoms with E-state index in [9.17, 15) is 14.4 Å². The van der Waals surface area contributed by atoms with Crippen molar-refractivity contribution in [2.24, 2.45) is 0 Å². The Morgan fingerprint density at radius 1 is 1.13 bits per heavy atom. The van der Waals surface area contributed by atoms with Crippen LogP contribution >= 0.6 is 27.5 Å². The van der Waals surface area contributed by atoms with Crippen molar-refractivity contribution in [1.29, 1.82) is 0 Å². The molecule has 1 fully saturated rings. The van der Waals surface area contributed by atoms with Crippen LogP contribution in [0.3, 0.4) is 0 Å². The Bertz CT molecular complexity index is 1230. The van der Waals surface area contributed by atoms with Crippen LogP contribution in [-0.2, 0) is 16.1 Å². The van der Waals surface area contributed by atoms with Crippen molar-refractivity contribution in [3.05, 3.63) is 74.9 Å². The molecule has 0 saturated carbocycles. The third kappa shape index (κ3) is 3.66. The van der Waals surface area contributed by atoms with Crippen LogP contribution in [-0.4, -0.2) is 33.9 Å². The number of aromatic nitrogens is 1. The zero-order valence-corrected chi connectivity index (χ0v) is 18.3. The van der Waals surface area contributed by atoms with Crippen molar-refractivity contribution in [2.75, 3.05) is 6.54 Å². The summed E-state index contributed by atoms with van der Waals surface area (Å²) >= 11 is 9.81. The lowest BCUT2D eigenvalue weighted by molar-refractivity contribution is -0.129. The number of likely N-dealkylation sites (N-methyl/N-ethyl adjacent to an activating group) is 1. The van der Waals surface area contributed by atoms with E-state index in [1.54, 1.807) is 6.92 Å². The minimum atomic E-state index is -0.700. The van der Waals surface area contributed by atoms with Gasteiger partial charge in [0.1, 0.15) is 5.57 Å². The average molecular weight is 487 g/mol. The highest BCUT2D eigenvalue weighted by molar-refractivity contribution is 9.10. The number of halogens is 2. The summed E-state index contributed by atoms with van der Waals surface area (Å²) in [4.78, 5) is 37.9. The van der Waals surface area contributed by atoms with Crippen molar-refractivity contribution < 1.29 is 14.4 Å². The number of hydrogen-bond acceptors (Lipinski definition) is 3. The largest absolute Gasteiger partial charge is 0.342 e. The topological polar surface area (TPSA) is 71.4 Å². The van der Waals surface area contributed by atoms with Gasteiger partial charge in [0, 0.05) is 45.2 Å². The predicted molar refractivity (Wildman–Crippen MR) is 119 cm³/mol. The Morgan fingerprint density at radius 3 is 2.63 bits per heavy atom. The minimum Gasteiger partial charge on any atom is -0.342 e. The van der Waals surface area contributed by atoms with E-state index in [-0.39, 0.29) is 12.1 Å². The lowest BCUT2D eigenvalue weighted by atomic mass is 10.1. The molecule has 6 nitrogen and oxygen atoms in total. The van der Waals surface area contributed by atoms with Crippen LogP contribution in [0.15, 0.2) is 58.7 Å². The van der Waals surface area contributed by atoms with Crippen molar-refractivity contribution in [2.45, 2.75) is 13.5 Å². The number of amides is 4. The molecule has 1 N–H and O–H groups in total. The van der Waals surface area contributed by atoms with Gasteiger partial charge in [0.15, 0.2) is 0 Å². The fourth-order valence-electron chi connectivity index (χ4n) is 3.49. The summed E-state index contributed by atoms with van der Waals surface area (Å²) in [6.45, 7) is 2.38. The molecular weight excluding hydrogens is 470 g/mol. The van der Waals surface area contributed by atoms with E-state index >= 15 is 0 Å². The highest BCUT2D eigenvalue weighted by Crippen LogP contribution is 2.29. The Labute approximate surface area is 186 Å². The number of fused-ring (bicyclic) bond motifs is 1. The summed E-state index contributed by atoms with van der Waals surface area (Å²) < 4.78 is 2.89. The lowest BCUT2D eigenvalue weighted by Crippen LogP contribution is -2.53. The molecular formula is C22H17BrClN3O3. The van der Waals surface area contributed by atoms with Crippen LogP contribution in [0.1, 0.15) is 18.1 Å². The number of carbonyl (C=O) groups is 3. The number of imide groups is 2. The summed E-state index contributed by atoms with van der Waals surface area (Å²) in [5, 5.41) is 3.75. The molecule has 1 aliphatic rings. The maximum absolute atomic E-state index is 12.7. The molecule has 30 heavy (non-hydrogen) atoms. The van der Waals surface area contributed by atoms with Gasteiger partial charge in [-0.2, -0.15) is 0 Å². The molecule has 4 rings (SSSR count). The number of rotatable bonds is 4. The molecule has 0 spiro atoms. The van der Waals surface area contributed by atoms with Gasteiger partial charge < -0.3 is 4.57 Å². The number of nitrogens with one attached hydrogen (secondary N) is 1. The monoisotopic (exact) mass is 485 g/mol. The summed E-state index contributed by atoms with van der Waals surface area (Å²) in [5.74, 6) is -1.30. The lowest BCUT2D eigenvalue weighted by Gasteiger charge is -2.24. The van der Waals surface area contributed by atoms with Crippen molar-refractivity contribution in [3.8, 4) is 0 Å². The van der Waals surface area contributed by atoms with E-state index in [1.807, 2.05) is 53.2 Å². The second-order valence-corrected chi connectivity index (χ2v) is 8.15. The zero-order chi connectivity index (χ0) is 21.4. The first-order chi connectivity index (χ1) is 14.4. The molecule has 2 aromatic carbocycles. The molecule has 152 valence electrons. The van der Waals surface area contributed by atoms with Gasteiger partial charge in [-0.25, -0.2) is 4.79 Å². The number of nitrogens with zero attached hydrogens (tertiary/aromatic N) is 2. The molecule has 0 radical (unpaired) electrons. The van der Waals surface area contributed by atoms with E-state index in [0.717, 1.165) is 25.8 Å². The highest BCUT2D eigenvalue weighted by Gasteiger charge is 2.34. The van der Waals surface area contributed by atoms with Gasteiger partial charge in [-0.15, -0.1) is 0 Å². The van der Waals surface area contributed by atoms with Gasteiger partial charge in [0.05, 0.1) is 0 Å². The van der Waals surface area contributed by atoms with Gasteiger partial charge in [-0.1, -0.05) is 45.7 Å². The van der Waals surface area contributed by atoms with Gasteiger partial charge in [-0.05, 0) is 42.8 Å². The molecule has 1 saturated heterocycles. The fourth-order valence-corrected chi connectivity index (χ4v) is 4.05. The smallest absolute Gasteiger partial charge is 0.331 e. The van der Waals surface area contributed by atoms with Gasteiger partial charge in [0.25, 0.3) is 11.8 Å². The van der Waals surface area contributed by atoms with Crippen LogP contribution in [0.4, 0.5) is 4.79 Å². The van der Waals surface area contributed by atoms with Crippen molar-refractivity contribution in [1.82, 2.24) is 14.8 Å². The number of hydrogen-bond donors (Lipinski definition) is 1. The van der Waals surface area contributed by atoms with E-state index in [4.69, 9.17) is 11.6 Å². The van der Waals surface area contributed by atoms with Crippen LogP contribution in [0.5, 0.6) is 0 Å². The first-order valence-corrected chi connectivity index (χ1v) is 10.5. The summed E-state index contributed by atoms with van der Waals surface area (Å²) in [6.07, 6.45) is 3.41. The van der Waals surface area contributed by atoms with Crippen LogP contribution in [0.2, 0.25) is 5.02 Å². The molecule has 3 aromatic rings. The van der Waals surface area contributed by atoms with E-state index in [1.165, 1.54) is 6.08 Å². The van der Waals surface area contributed by atoms with E-state index in [2.05, 4.69) is 21.2 Å². The standard InChI is InChI=1S/C22H17BrClN3O3/c1-2-27-21(29)17(20(28)25-22(27)30)9-14-12-26(11-13-5-3-4-6-18(13)24)19-8-7-15(23)10-16(14)19/h3-10,12H,2,11H2,1H3,(H,25,28,30)/b17-9+. The Morgan fingerprint density at radius 2 is 1.90 bits per heavy atom. The first kappa shape index (κ1) is 20.4. The summed E-state index contributed by atoms with van der Waals surface area (Å²) in [7, 11) is 0. The van der Waals surface area contributed by atoms with E-state index < -0.39 is 17.8 Å². The Kier molecular flexibility index (Phi) is 5.49. The van der Waals surface area contributed by atoms with Crippen LogP contribution in [0, 0.1) is 0 Å². The van der Waals surface area contributed by atoms with Crippen molar-refractivity contribution in [3.63, 3.8) is 0 Å². The summed E-state index contributed by atoms with van der Waals surface area (Å²) in [6, 6.07) is 12.7. The SMILES string of the molecule is CCN1C(=O)NC(=O)/C(=C\c2cn(Cc3ccccc3Cl)c3ccc(Br)cc23)C1=O. The molecule has 0 atom stereocenters. The molecule has 0 unspecified atom stereocenters. The van der Waals surface area contributed by atoms with Crippen molar-refractivity contribution >= 4 is 62.4 Å². The fraction of sp³-hybridized carbons (Fsp3) is 0.136. The molecule has 1 aromatic heterocycles. The molecule has 4 amide bonds. The number of benzene rings is 2.